The zero-order valence-electron chi connectivity index (χ0n) is 25.4. The minimum absolute atomic E-state index is 0.0105. The van der Waals surface area contributed by atoms with Gasteiger partial charge in [0.15, 0.2) is 5.82 Å². The molecule has 2 aliphatic carbocycles. The van der Waals surface area contributed by atoms with Crippen LogP contribution in [0.5, 0.6) is 0 Å². The number of hydrogen-bond donors (Lipinski definition) is 2. The number of carbonyl (C=O) groups is 5. The van der Waals surface area contributed by atoms with E-state index in [1.807, 2.05) is 0 Å². The highest BCUT2D eigenvalue weighted by molar-refractivity contribution is 6.08. The Balaban J connectivity index is 1.34. The lowest BCUT2D eigenvalue weighted by atomic mass is 9.98. The summed E-state index contributed by atoms with van der Waals surface area (Å²) in [5, 5.41) is 5.08. The number of fused-ring (bicyclic) bond motifs is 1. The van der Waals surface area contributed by atoms with Crippen molar-refractivity contribution in [2.75, 3.05) is 19.7 Å². The smallest absolute Gasteiger partial charge is 0.255 e. The SMILES string of the molecule is O=C1CCC(N2Cc3c(cccc3C(=O)N(CCOC3CCCCC3)C(C(=O)NCC3CC3)c3ccnc(F)c3F)C2=O)C(=O)N1. The maximum absolute atomic E-state index is 15.4. The molecule has 11 nitrogen and oxygen atoms in total. The predicted octanol–water partition coefficient (Wildman–Crippen LogP) is 3.18. The number of ether oxygens (including phenoxy) is 1. The minimum Gasteiger partial charge on any atom is -0.376 e. The average Bonchev–Trinajstić information content (AvgIpc) is 3.83. The first kappa shape index (κ1) is 31.7. The Kier molecular flexibility index (Phi) is 9.39. The monoisotopic (exact) mass is 637 g/mol. The van der Waals surface area contributed by atoms with Gasteiger partial charge in [0.05, 0.1) is 12.7 Å². The molecule has 1 aromatic heterocycles. The van der Waals surface area contributed by atoms with Gasteiger partial charge in [0.1, 0.15) is 12.1 Å². The molecular weight excluding hydrogens is 600 g/mol. The third kappa shape index (κ3) is 6.64. The number of carbonyl (C=O) groups excluding carboxylic acids is 5. The standard InChI is InChI=1S/C33H37F2N5O6/c34-27-23(13-14-36-29(27)35)28(31(43)37-17-19-9-10-19)39(15-16-46-20-5-2-1-3-6-20)32(44)21-7-4-8-22-24(21)18-40(33(22)45)25-11-12-26(41)38-30(25)42/h4,7-8,13-14,19-20,25,28H,1-3,5-6,9-12,15-18H2,(H,37,43)(H,38,41,42). The number of rotatable bonds is 11. The minimum atomic E-state index is -1.56. The van der Waals surface area contributed by atoms with Crippen molar-refractivity contribution in [3.05, 3.63) is 64.5 Å². The van der Waals surface area contributed by atoms with Crippen molar-refractivity contribution in [1.29, 1.82) is 0 Å². The molecule has 0 bridgehead atoms. The molecule has 2 saturated carbocycles. The van der Waals surface area contributed by atoms with Gasteiger partial charge in [-0.15, -0.1) is 0 Å². The molecular formula is C33H37F2N5O6. The Morgan fingerprint density at radius 3 is 2.59 bits per heavy atom. The van der Waals surface area contributed by atoms with Crippen molar-refractivity contribution in [3.8, 4) is 0 Å². The molecule has 2 unspecified atom stereocenters. The lowest BCUT2D eigenvalue weighted by Gasteiger charge is -2.33. The Morgan fingerprint density at radius 2 is 1.85 bits per heavy atom. The fraction of sp³-hybridized carbons (Fsp3) is 0.515. The third-order valence-electron chi connectivity index (χ3n) is 9.30. The van der Waals surface area contributed by atoms with Crippen molar-refractivity contribution >= 4 is 29.5 Å². The maximum atomic E-state index is 15.4. The molecule has 13 heteroatoms. The molecule has 2 aliphatic heterocycles. The Bertz CT molecular complexity index is 1540. The number of pyridine rings is 1. The molecule has 244 valence electrons. The quantitative estimate of drug-likeness (QED) is 0.285. The third-order valence-corrected chi connectivity index (χ3v) is 9.30. The zero-order chi connectivity index (χ0) is 32.4. The van der Waals surface area contributed by atoms with Crippen LogP contribution in [-0.2, 0) is 25.7 Å². The van der Waals surface area contributed by atoms with E-state index < -0.39 is 53.4 Å². The van der Waals surface area contributed by atoms with Crippen LogP contribution in [0.4, 0.5) is 8.78 Å². The lowest BCUT2D eigenvalue weighted by molar-refractivity contribution is -0.137. The Labute approximate surface area is 265 Å². The number of nitrogens with zero attached hydrogens (tertiary/aromatic N) is 3. The van der Waals surface area contributed by atoms with E-state index in [1.54, 1.807) is 6.07 Å². The lowest BCUT2D eigenvalue weighted by Crippen LogP contribution is -2.52. The van der Waals surface area contributed by atoms with E-state index in [2.05, 4.69) is 15.6 Å². The Morgan fingerprint density at radius 1 is 1.07 bits per heavy atom. The predicted molar refractivity (Wildman–Crippen MR) is 159 cm³/mol. The topological polar surface area (TPSA) is 138 Å². The summed E-state index contributed by atoms with van der Waals surface area (Å²) in [6.45, 7) is 0.190. The largest absolute Gasteiger partial charge is 0.376 e. The van der Waals surface area contributed by atoms with Crippen LogP contribution in [0.15, 0.2) is 30.5 Å². The van der Waals surface area contributed by atoms with Crippen molar-refractivity contribution in [3.63, 3.8) is 0 Å². The number of amides is 5. The van der Waals surface area contributed by atoms with E-state index in [-0.39, 0.29) is 61.3 Å². The van der Waals surface area contributed by atoms with Crippen LogP contribution in [0.25, 0.3) is 0 Å². The molecule has 3 fully saturated rings. The fourth-order valence-electron chi connectivity index (χ4n) is 6.60. The highest BCUT2D eigenvalue weighted by Crippen LogP contribution is 2.34. The molecule has 4 aliphatic rings. The van der Waals surface area contributed by atoms with E-state index in [9.17, 15) is 28.4 Å². The first-order valence-electron chi connectivity index (χ1n) is 16.0. The number of piperidine rings is 1. The molecule has 46 heavy (non-hydrogen) atoms. The molecule has 1 aromatic carbocycles. The van der Waals surface area contributed by atoms with Crippen LogP contribution < -0.4 is 10.6 Å². The first-order chi connectivity index (χ1) is 22.2. The molecule has 2 aromatic rings. The highest BCUT2D eigenvalue weighted by atomic mass is 19.2. The van der Waals surface area contributed by atoms with Gasteiger partial charge in [-0.25, -0.2) is 9.37 Å². The van der Waals surface area contributed by atoms with Crippen LogP contribution in [0, 0.1) is 17.7 Å². The van der Waals surface area contributed by atoms with E-state index in [0.717, 1.165) is 51.1 Å². The second-order valence-corrected chi connectivity index (χ2v) is 12.5. The van der Waals surface area contributed by atoms with Gasteiger partial charge in [0, 0.05) is 48.9 Å². The molecule has 3 heterocycles. The summed E-state index contributed by atoms with van der Waals surface area (Å²) >= 11 is 0. The average molecular weight is 638 g/mol. The number of halogens is 2. The molecule has 2 N–H and O–H groups in total. The molecule has 2 atom stereocenters. The zero-order valence-corrected chi connectivity index (χ0v) is 25.4. The number of aromatic nitrogens is 1. The van der Waals surface area contributed by atoms with Gasteiger partial charge in [-0.2, -0.15) is 4.39 Å². The summed E-state index contributed by atoms with van der Waals surface area (Å²) in [5.41, 5.74) is 0.303. The van der Waals surface area contributed by atoms with Gasteiger partial charge in [0.25, 0.3) is 11.8 Å². The summed E-state index contributed by atoms with van der Waals surface area (Å²) in [6.07, 6.45) is 8.04. The van der Waals surface area contributed by atoms with Crippen molar-refractivity contribution in [2.45, 2.75) is 82.5 Å². The Hall–Kier alpha value is -4.26. The van der Waals surface area contributed by atoms with Crippen LogP contribution in [0.2, 0.25) is 0 Å². The van der Waals surface area contributed by atoms with Gasteiger partial charge in [-0.05, 0) is 61.8 Å². The van der Waals surface area contributed by atoms with E-state index in [1.165, 1.54) is 28.0 Å². The molecule has 0 radical (unpaired) electrons. The molecule has 1 saturated heterocycles. The van der Waals surface area contributed by atoms with Crippen molar-refractivity contribution in [2.24, 2.45) is 5.92 Å². The maximum Gasteiger partial charge on any atom is 0.255 e. The second-order valence-electron chi connectivity index (χ2n) is 12.5. The number of benzene rings is 1. The normalized spacial score (nSPS) is 20.7. The van der Waals surface area contributed by atoms with Gasteiger partial charge >= 0.3 is 0 Å². The van der Waals surface area contributed by atoms with Crippen LogP contribution >= 0.6 is 0 Å². The van der Waals surface area contributed by atoms with Crippen LogP contribution in [0.3, 0.4) is 0 Å². The molecule has 5 amide bonds. The van der Waals surface area contributed by atoms with Gasteiger partial charge < -0.3 is 19.9 Å². The highest BCUT2D eigenvalue weighted by Gasteiger charge is 2.42. The second kappa shape index (κ2) is 13.6. The summed E-state index contributed by atoms with van der Waals surface area (Å²) in [7, 11) is 0. The van der Waals surface area contributed by atoms with Crippen LogP contribution in [-0.4, -0.2) is 76.2 Å². The van der Waals surface area contributed by atoms with E-state index in [4.69, 9.17) is 4.74 Å². The van der Waals surface area contributed by atoms with E-state index >= 15 is 4.39 Å². The number of imide groups is 1. The fourth-order valence-corrected chi connectivity index (χ4v) is 6.60. The number of nitrogens with one attached hydrogen (secondary N) is 2. The van der Waals surface area contributed by atoms with Crippen molar-refractivity contribution < 1.29 is 37.5 Å². The van der Waals surface area contributed by atoms with Crippen molar-refractivity contribution in [1.82, 2.24) is 25.4 Å². The van der Waals surface area contributed by atoms with Gasteiger partial charge in [0.2, 0.25) is 23.7 Å². The summed E-state index contributed by atoms with van der Waals surface area (Å²) < 4.78 is 35.9. The van der Waals surface area contributed by atoms with E-state index in [0.29, 0.717) is 12.1 Å². The summed E-state index contributed by atoms with van der Waals surface area (Å²) in [5.74, 6) is -5.27. The molecule has 0 spiro atoms. The summed E-state index contributed by atoms with van der Waals surface area (Å²) in [6, 6.07) is 3.33. The number of hydrogen-bond acceptors (Lipinski definition) is 7. The van der Waals surface area contributed by atoms with Gasteiger partial charge in [-0.1, -0.05) is 25.3 Å². The summed E-state index contributed by atoms with van der Waals surface area (Å²) in [4.78, 5) is 72.1. The van der Waals surface area contributed by atoms with Gasteiger partial charge in [-0.3, -0.25) is 29.3 Å². The van der Waals surface area contributed by atoms with Crippen LogP contribution in [0.1, 0.15) is 95.7 Å². The molecule has 6 rings (SSSR count). The first-order valence-corrected chi connectivity index (χ1v) is 16.0.